The van der Waals surface area contributed by atoms with Gasteiger partial charge in [0.1, 0.15) is 12.2 Å². The van der Waals surface area contributed by atoms with Gasteiger partial charge in [-0.3, -0.25) is 14.6 Å². The van der Waals surface area contributed by atoms with E-state index < -0.39 is 5.97 Å². The fourth-order valence-electron chi connectivity index (χ4n) is 3.36. The molecule has 26 heavy (non-hydrogen) atoms. The molecule has 0 saturated heterocycles. The summed E-state index contributed by atoms with van der Waals surface area (Å²) in [5.74, 6) is -1.17. The Morgan fingerprint density at radius 1 is 1.23 bits per heavy atom. The zero-order valence-electron chi connectivity index (χ0n) is 14.0. The van der Waals surface area contributed by atoms with E-state index in [1.807, 2.05) is 24.3 Å². The van der Waals surface area contributed by atoms with Gasteiger partial charge >= 0.3 is 5.97 Å². The molecule has 8 nitrogen and oxygen atoms in total. The highest BCUT2D eigenvalue weighted by Gasteiger charge is 2.23. The van der Waals surface area contributed by atoms with Crippen LogP contribution in [0.2, 0.25) is 0 Å². The topological polar surface area (TPSA) is 110 Å². The lowest BCUT2D eigenvalue weighted by molar-refractivity contribution is -0.137. The number of hydrogen-bond acceptors (Lipinski definition) is 5. The van der Waals surface area contributed by atoms with Gasteiger partial charge in [0.05, 0.1) is 23.8 Å². The van der Waals surface area contributed by atoms with Crippen molar-refractivity contribution in [1.82, 2.24) is 25.3 Å². The smallest absolute Gasteiger partial charge is 0.325 e. The lowest BCUT2D eigenvalue weighted by atomic mass is 10.0. The zero-order chi connectivity index (χ0) is 18.1. The number of fused-ring (bicyclic) bond motifs is 2. The van der Waals surface area contributed by atoms with Crippen LogP contribution in [0.1, 0.15) is 33.7 Å². The van der Waals surface area contributed by atoms with Crippen LogP contribution in [0.3, 0.4) is 0 Å². The van der Waals surface area contributed by atoms with Gasteiger partial charge in [-0.05, 0) is 30.9 Å². The van der Waals surface area contributed by atoms with Crippen LogP contribution in [0.4, 0.5) is 0 Å². The Morgan fingerprint density at radius 3 is 2.92 bits per heavy atom. The van der Waals surface area contributed by atoms with Gasteiger partial charge in [0, 0.05) is 11.1 Å². The van der Waals surface area contributed by atoms with Crippen molar-refractivity contribution in [2.45, 2.75) is 32.4 Å². The third-order valence-electron chi connectivity index (χ3n) is 4.46. The summed E-state index contributed by atoms with van der Waals surface area (Å²) >= 11 is 0. The first kappa shape index (κ1) is 16.2. The Balaban J connectivity index is 1.59. The predicted molar refractivity (Wildman–Crippen MR) is 92.6 cm³/mol. The van der Waals surface area contributed by atoms with E-state index in [4.69, 9.17) is 5.11 Å². The molecule has 1 aliphatic rings. The van der Waals surface area contributed by atoms with Crippen molar-refractivity contribution in [2.24, 2.45) is 0 Å². The first-order valence-corrected chi connectivity index (χ1v) is 8.41. The van der Waals surface area contributed by atoms with E-state index in [0.717, 1.165) is 41.4 Å². The minimum Gasteiger partial charge on any atom is -0.480 e. The van der Waals surface area contributed by atoms with Crippen LogP contribution in [0.5, 0.6) is 0 Å². The Bertz CT molecular complexity index is 1010. The van der Waals surface area contributed by atoms with Crippen molar-refractivity contribution < 1.29 is 14.7 Å². The van der Waals surface area contributed by atoms with E-state index in [0.29, 0.717) is 11.3 Å². The second-order valence-corrected chi connectivity index (χ2v) is 6.27. The summed E-state index contributed by atoms with van der Waals surface area (Å²) in [4.78, 5) is 28.3. The van der Waals surface area contributed by atoms with Crippen LogP contribution in [0.25, 0.3) is 10.9 Å². The molecule has 2 heterocycles. The van der Waals surface area contributed by atoms with E-state index in [1.54, 1.807) is 0 Å². The van der Waals surface area contributed by atoms with Gasteiger partial charge in [0.2, 0.25) is 0 Å². The Kier molecular flexibility index (Phi) is 4.08. The molecule has 8 heteroatoms. The zero-order valence-corrected chi connectivity index (χ0v) is 14.0. The normalized spacial score (nSPS) is 12.9. The first-order chi connectivity index (χ1) is 12.6. The number of carboxylic acid groups (broad SMARTS) is 1. The monoisotopic (exact) mass is 351 g/mol. The lowest BCUT2D eigenvalue weighted by Crippen LogP contribution is -2.25. The first-order valence-electron chi connectivity index (χ1n) is 8.41. The number of aliphatic carboxylic acids is 1. The van der Waals surface area contributed by atoms with Crippen molar-refractivity contribution in [3.05, 3.63) is 53.0 Å². The lowest BCUT2D eigenvalue weighted by Gasteiger charge is -2.12. The number of amides is 1. The number of rotatable bonds is 5. The third-order valence-corrected chi connectivity index (χ3v) is 4.46. The number of aryl methyl sites for hydroxylation is 1. The molecule has 0 spiro atoms. The Morgan fingerprint density at radius 2 is 2.08 bits per heavy atom. The molecule has 1 aromatic carbocycles. The van der Waals surface area contributed by atoms with Gasteiger partial charge in [-0.15, -0.1) is 5.10 Å². The van der Waals surface area contributed by atoms with Gasteiger partial charge in [-0.1, -0.05) is 23.4 Å². The molecule has 0 radical (unpaired) electrons. The molecule has 2 N–H and O–H groups in total. The molecule has 2 aromatic heterocycles. The number of benzene rings is 1. The number of para-hydroxylation sites is 1. The third kappa shape index (κ3) is 3.01. The van der Waals surface area contributed by atoms with E-state index in [-0.39, 0.29) is 19.0 Å². The number of carboxylic acids is 1. The van der Waals surface area contributed by atoms with Crippen molar-refractivity contribution >= 4 is 22.8 Å². The van der Waals surface area contributed by atoms with Crippen LogP contribution < -0.4 is 5.32 Å². The maximum atomic E-state index is 12.9. The van der Waals surface area contributed by atoms with Crippen LogP contribution in [-0.4, -0.2) is 37.0 Å². The molecule has 0 saturated carbocycles. The largest absolute Gasteiger partial charge is 0.480 e. The Labute approximate surface area is 148 Å². The van der Waals surface area contributed by atoms with Crippen LogP contribution in [0.15, 0.2) is 30.5 Å². The summed E-state index contributed by atoms with van der Waals surface area (Å²) in [7, 11) is 0. The molecule has 4 rings (SSSR count). The van der Waals surface area contributed by atoms with Crippen LogP contribution in [0, 0.1) is 0 Å². The summed E-state index contributed by atoms with van der Waals surface area (Å²) in [6, 6.07) is 7.65. The van der Waals surface area contributed by atoms with Crippen LogP contribution in [-0.2, 0) is 30.7 Å². The molecule has 0 aliphatic heterocycles. The highest BCUT2D eigenvalue weighted by molar-refractivity contribution is 6.07. The second kappa shape index (κ2) is 6.55. The fraction of sp³-hybridized carbons (Fsp3) is 0.278. The summed E-state index contributed by atoms with van der Waals surface area (Å²) in [5, 5.41) is 20.1. The van der Waals surface area contributed by atoms with E-state index in [2.05, 4.69) is 20.6 Å². The van der Waals surface area contributed by atoms with Crippen molar-refractivity contribution in [1.29, 1.82) is 0 Å². The SMILES string of the molecule is O=C(O)Cn1cc(CNC(=O)c2c3c(nc4ccccc24)CCC3)nn1. The van der Waals surface area contributed by atoms with E-state index in [9.17, 15) is 9.59 Å². The molecule has 0 unspecified atom stereocenters. The van der Waals surface area contributed by atoms with Gasteiger partial charge in [-0.25, -0.2) is 4.68 Å². The number of carbonyl (C=O) groups is 2. The van der Waals surface area contributed by atoms with E-state index in [1.165, 1.54) is 10.9 Å². The molecule has 3 aromatic rings. The average Bonchev–Trinajstić information content (AvgIpc) is 3.26. The van der Waals surface area contributed by atoms with Crippen molar-refractivity contribution in [3.63, 3.8) is 0 Å². The van der Waals surface area contributed by atoms with Gasteiger partial charge in [0.25, 0.3) is 5.91 Å². The van der Waals surface area contributed by atoms with Crippen molar-refractivity contribution in [3.8, 4) is 0 Å². The molecular formula is C18H17N5O3. The molecular weight excluding hydrogens is 334 g/mol. The second-order valence-electron chi connectivity index (χ2n) is 6.27. The fourth-order valence-corrected chi connectivity index (χ4v) is 3.36. The molecule has 132 valence electrons. The predicted octanol–water partition coefficient (Wildman–Crippen LogP) is 1.33. The molecule has 0 bridgehead atoms. The van der Waals surface area contributed by atoms with E-state index >= 15 is 0 Å². The summed E-state index contributed by atoms with van der Waals surface area (Å²) in [6.45, 7) is -0.0761. The minimum atomic E-state index is -0.996. The standard InChI is InChI=1S/C18H17N5O3/c24-16(25)10-23-9-11(21-22-23)8-19-18(26)17-12-4-1-2-6-14(12)20-15-7-3-5-13(15)17/h1-2,4,6,9H,3,5,7-8,10H2,(H,19,26)(H,24,25). The maximum Gasteiger partial charge on any atom is 0.325 e. The minimum absolute atomic E-state index is 0.172. The highest BCUT2D eigenvalue weighted by atomic mass is 16.4. The van der Waals surface area contributed by atoms with Gasteiger partial charge in [0.15, 0.2) is 0 Å². The Hall–Kier alpha value is -3.29. The van der Waals surface area contributed by atoms with Crippen LogP contribution >= 0.6 is 0 Å². The average molecular weight is 351 g/mol. The number of aromatic nitrogens is 4. The molecule has 0 fully saturated rings. The molecule has 0 atom stereocenters. The quantitative estimate of drug-likeness (QED) is 0.717. The van der Waals surface area contributed by atoms with Gasteiger partial charge < -0.3 is 10.4 Å². The highest BCUT2D eigenvalue weighted by Crippen LogP contribution is 2.29. The number of nitrogens with one attached hydrogen (secondary N) is 1. The summed E-state index contributed by atoms with van der Waals surface area (Å²) in [5.41, 5.74) is 4.04. The number of pyridine rings is 1. The number of nitrogens with zero attached hydrogens (tertiary/aromatic N) is 4. The molecule has 1 amide bonds. The van der Waals surface area contributed by atoms with Gasteiger partial charge in [-0.2, -0.15) is 0 Å². The summed E-state index contributed by atoms with van der Waals surface area (Å²) in [6.07, 6.45) is 4.26. The number of carbonyl (C=O) groups excluding carboxylic acids is 1. The maximum absolute atomic E-state index is 12.9. The number of hydrogen-bond donors (Lipinski definition) is 2. The molecule has 1 aliphatic carbocycles. The summed E-state index contributed by atoms with van der Waals surface area (Å²) < 4.78 is 1.23. The van der Waals surface area contributed by atoms with Crippen molar-refractivity contribution in [2.75, 3.05) is 0 Å².